The minimum absolute atomic E-state index is 0.0392. The zero-order valence-corrected chi connectivity index (χ0v) is 9.75. The lowest BCUT2D eigenvalue weighted by molar-refractivity contribution is -0.385. The maximum absolute atomic E-state index is 10.6. The lowest BCUT2D eigenvalue weighted by atomic mass is 10.3. The van der Waals surface area contributed by atoms with Gasteiger partial charge in [0.15, 0.2) is 0 Å². The van der Waals surface area contributed by atoms with E-state index in [9.17, 15) is 14.9 Å². The fraction of sp³-hybridized carbons (Fsp3) is 0.400. The molecule has 0 radical (unpaired) electrons. The number of carbonyl (C=O) groups is 1. The standard InChI is InChI=1S/C10H13N3O5/c1-7-8(13(16)17)2-3-9(12-7)11-4-5-18-6-10(14)15/h2-3H,4-6H2,1H3,(H,11,12)(H,14,15). The normalized spacial score (nSPS) is 10.1. The molecule has 8 nitrogen and oxygen atoms in total. The monoisotopic (exact) mass is 255 g/mol. The van der Waals surface area contributed by atoms with Crippen molar-refractivity contribution in [2.75, 3.05) is 25.1 Å². The predicted octanol–water partition coefficient (Wildman–Crippen LogP) is 0.811. The summed E-state index contributed by atoms with van der Waals surface area (Å²) in [6.07, 6.45) is 0. The molecule has 0 unspecified atom stereocenters. The van der Waals surface area contributed by atoms with Gasteiger partial charge in [0, 0.05) is 12.6 Å². The number of anilines is 1. The van der Waals surface area contributed by atoms with Crippen LogP contribution in [0.15, 0.2) is 12.1 Å². The van der Waals surface area contributed by atoms with E-state index in [-0.39, 0.29) is 18.9 Å². The predicted molar refractivity (Wildman–Crippen MR) is 62.6 cm³/mol. The van der Waals surface area contributed by atoms with Gasteiger partial charge < -0.3 is 15.2 Å². The number of hydrogen-bond acceptors (Lipinski definition) is 6. The van der Waals surface area contributed by atoms with Gasteiger partial charge in [-0.05, 0) is 13.0 Å². The summed E-state index contributed by atoms with van der Waals surface area (Å²) in [5.41, 5.74) is 0.277. The molecule has 8 heteroatoms. The molecule has 0 spiro atoms. The molecule has 1 heterocycles. The SMILES string of the molecule is Cc1nc(NCCOCC(=O)O)ccc1[N+](=O)[O-]. The molecule has 98 valence electrons. The van der Waals surface area contributed by atoms with Crippen LogP contribution in [0.3, 0.4) is 0 Å². The van der Waals surface area contributed by atoms with Crippen LogP contribution in [0.25, 0.3) is 0 Å². The van der Waals surface area contributed by atoms with Gasteiger partial charge in [0.25, 0.3) is 5.69 Å². The number of rotatable bonds is 7. The smallest absolute Gasteiger partial charge is 0.329 e. The number of nitrogens with one attached hydrogen (secondary N) is 1. The second-order valence-electron chi connectivity index (χ2n) is 3.43. The van der Waals surface area contributed by atoms with Crippen LogP contribution < -0.4 is 5.32 Å². The molecule has 2 N–H and O–H groups in total. The molecule has 0 bridgehead atoms. The average Bonchev–Trinajstić information content (AvgIpc) is 2.27. The van der Waals surface area contributed by atoms with Crippen LogP contribution in [0.5, 0.6) is 0 Å². The summed E-state index contributed by atoms with van der Waals surface area (Å²) in [7, 11) is 0. The largest absolute Gasteiger partial charge is 0.480 e. The molecule has 0 atom stereocenters. The summed E-state index contributed by atoms with van der Waals surface area (Å²) in [4.78, 5) is 24.2. The van der Waals surface area contributed by atoms with Gasteiger partial charge in [-0.15, -0.1) is 0 Å². The number of nitro groups is 1. The molecule has 18 heavy (non-hydrogen) atoms. The van der Waals surface area contributed by atoms with Crippen molar-refractivity contribution in [3.63, 3.8) is 0 Å². The maximum Gasteiger partial charge on any atom is 0.329 e. The number of carboxylic acids is 1. The Hall–Kier alpha value is -2.22. The van der Waals surface area contributed by atoms with E-state index in [2.05, 4.69) is 10.3 Å². The summed E-state index contributed by atoms with van der Waals surface area (Å²) in [6.45, 7) is 1.78. The van der Waals surface area contributed by atoms with E-state index in [0.29, 0.717) is 18.1 Å². The number of hydrogen-bond donors (Lipinski definition) is 2. The molecule has 1 rings (SSSR count). The summed E-state index contributed by atoms with van der Waals surface area (Å²) in [5, 5.41) is 21.8. The molecule has 0 fully saturated rings. The first-order valence-corrected chi connectivity index (χ1v) is 5.16. The van der Waals surface area contributed by atoms with Crippen LogP contribution in [-0.4, -0.2) is 40.7 Å². The van der Waals surface area contributed by atoms with Crippen molar-refractivity contribution in [2.24, 2.45) is 0 Å². The first-order chi connectivity index (χ1) is 8.50. The van der Waals surface area contributed by atoms with E-state index in [0.717, 1.165) is 0 Å². The Morgan fingerprint density at radius 1 is 1.61 bits per heavy atom. The Morgan fingerprint density at radius 3 is 2.89 bits per heavy atom. The van der Waals surface area contributed by atoms with Crippen LogP contribution in [0.4, 0.5) is 11.5 Å². The van der Waals surface area contributed by atoms with Crippen molar-refractivity contribution < 1.29 is 19.6 Å². The molecular weight excluding hydrogens is 242 g/mol. The van der Waals surface area contributed by atoms with Crippen molar-refractivity contribution in [3.8, 4) is 0 Å². The minimum Gasteiger partial charge on any atom is -0.480 e. The Balaban J connectivity index is 2.42. The lowest BCUT2D eigenvalue weighted by Gasteiger charge is -2.06. The third kappa shape index (κ3) is 4.34. The maximum atomic E-state index is 10.6. The van der Waals surface area contributed by atoms with Gasteiger partial charge in [-0.2, -0.15) is 0 Å². The topological polar surface area (TPSA) is 115 Å². The average molecular weight is 255 g/mol. The Morgan fingerprint density at radius 2 is 2.33 bits per heavy atom. The summed E-state index contributed by atoms with van der Waals surface area (Å²) >= 11 is 0. The number of carboxylic acid groups (broad SMARTS) is 1. The number of nitrogens with zero attached hydrogens (tertiary/aromatic N) is 2. The number of ether oxygens (including phenoxy) is 1. The van der Waals surface area contributed by atoms with Crippen molar-refractivity contribution in [2.45, 2.75) is 6.92 Å². The molecule has 0 saturated carbocycles. The van der Waals surface area contributed by atoms with Crippen molar-refractivity contribution >= 4 is 17.5 Å². The lowest BCUT2D eigenvalue weighted by Crippen LogP contribution is -2.14. The van der Waals surface area contributed by atoms with E-state index in [1.807, 2.05) is 0 Å². The number of aliphatic carboxylic acids is 1. The van der Waals surface area contributed by atoms with Crippen LogP contribution in [0.2, 0.25) is 0 Å². The van der Waals surface area contributed by atoms with E-state index in [1.54, 1.807) is 6.92 Å². The number of pyridine rings is 1. The zero-order valence-electron chi connectivity index (χ0n) is 9.75. The summed E-state index contributed by atoms with van der Waals surface area (Å²) in [6, 6.07) is 2.85. The van der Waals surface area contributed by atoms with Crippen molar-refractivity contribution in [3.05, 3.63) is 27.9 Å². The van der Waals surface area contributed by atoms with Gasteiger partial charge in [0.05, 0.1) is 11.5 Å². The zero-order chi connectivity index (χ0) is 13.5. The third-order valence-corrected chi connectivity index (χ3v) is 2.03. The number of aromatic nitrogens is 1. The third-order valence-electron chi connectivity index (χ3n) is 2.03. The molecule has 1 aromatic rings. The Kier molecular flexibility index (Phi) is 5.00. The fourth-order valence-electron chi connectivity index (χ4n) is 1.26. The Bertz CT molecular complexity index is 449. The Labute approximate surface area is 103 Å². The van der Waals surface area contributed by atoms with Gasteiger partial charge in [-0.1, -0.05) is 0 Å². The molecule has 1 aromatic heterocycles. The highest BCUT2D eigenvalue weighted by molar-refractivity contribution is 5.67. The van der Waals surface area contributed by atoms with E-state index in [1.165, 1.54) is 12.1 Å². The molecule has 0 aliphatic carbocycles. The van der Waals surface area contributed by atoms with Crippen LogP contribution >= 0.6 is 0 Å². The first-order valence-electron chi connectivity index (χ1n) is 5.16. The highest BCUT2D eigenvalue weighted by atomic mass is 16.6. The van der Waals surface area contributed by atoms with E-state index < -0.39 is 10.9 Å². The molecule has 0 saturated heterocycles. The van der Waals surface area contributed by atoms with Gasteiger partial charge >= 0.3 is 5.97 Å². The van der Waals surface area contributed by atoms with Crippen LogP contribution in [0.1, 0.15) is 5.69 Å². The molecular formula is C10H13N3O5. The molecule has 0 amide bonds. The molecule has 0 aliphatic heterocycles. The van der Waals surface area contributed by atoms with E-state index >= 15 is 0 Å². The second-order valence-corrected chi connectivity index (χ2v) is 3.43. The van der Waals surface area contributed by atoms with Gasteiger partial charge in [-0.25, -0.2) is 9.78 Å². The quantitative estimate of drug-likeness (QED) is 0.421. The van der Waals surface area contributed by atoms with Crippen molar-refractivity contribution in [1.29, 1.82) is 0 Å². The number of aryl methyl sites for hydroxylation is 1. The molecule has 0 aromatic carbocycles. The van der Waals surface area contributed by atoms with Gasteiger partial charge in [0.1, 0.15) is 18.1 Å². The second kappa shape index (κ2) is 6.50. The first kappa shape index (κ1) is 13.8. The highest BCUT2D eigenvalue weighted by Crippen LogP contribution is 2.17. The summed E-state index contributed by atoms with van der Waals surface area (Å²) < 4.78 is 4.81. The highest BCUT2D eigenvalue weighted by Gasteiger charge is 2.11. The van der Waals surface area contributed by atoms with Crippen molar-refractivity contribution in [1.82, 2.24) is 4.98 Å². The van der Waals surface area contributed by atoms with Crippen LogP contribution in [-0.2, 0) is 9.53 Å². The molecule has 0 aliphatic rings. The van der Waals surface area contributed by atoms with E-state index in [4.69, 9.17) is 9.84 Å². The minimum atomic E-state index is -1.03. The fourth-order valence-corrected chi connectivity index (χ4v) is 1.26. The summed E-state index contributed by atoms with van der Waals surface area (Å²) in [5.74, 6) is -0.545. The van der Waals surface area contributed by atoms with Gasteiger partial charge in [-0.3, -0.25) is 10.1 Å². The van der Waals surface area contributed by atoms with Crippen LogP contribution in [0, 0.1) is 17.0 Å². The van der Waals surface area contributed by atoms with Gasteiger partial charge in [0.2, 0.25) is 0 Å².